The van der Waals surface area contributed by atoms with E-state index in [0.717, 1.165) is 30.1 Å². The number of nitrogen functional groups attached to an aromatic ring is 1. The Labute approximate surface area is 103 Å². The minimum atomic E-state index is 0.492. The lowest BCUT2D eigenvalue weighted by Crippen LogP contribution is -2.16. The summed E-state index contributed by atoms with van der Waals surface area (Å²) in [5.74, 6) is 0. The lowest BCUT2D eigenvalue weighted by Gasteiger charge is -2.13. The van der Waals surface area contributed by atoms with E-state index < -0.39 is 0 Å². The molecule has 2 rings (SSSR count). The molecule has 0 aromatic heterocycles. The molecule has 0 atom stereocenters. The van der Waals surface area contributed by atoms with Gasteiger partial charge in [0.1, 0.15) is 0 Å². The van der Waals surface area contributed by atoms with Gasteiger partial charge < -0.3 is 15.8 Å². The SMILES string of the molecule is Cc1cccc(NCCOC2CCCC2)c1N. The predicted octanol–water partition coefficient (Wildman–Crippen LogP) is 2.95. The molecule has 0 spiro atoms. The van der Waals surface area contributed by atoms with Crippen molar-refractivity contribution in [3.05, 3.63) is 23.8 Å². The number of rotatable bonds is 5. The fraction of sp³-hybridized carbons (Fsp3) is 0.571. The van der Waals surface area contributed by atoms with Crippen LogP contribution in [0.2, 0.25) is 0 Å². The van der Waals surface area contributed by atoms with Gasteiger partial charge in [0.05, 0.1) is 24.1 Å². The molecule has 0 amide bonds. The summed E-state index contributed by atoms with van der Waals surface area (Å²) < 4.78 is 5.79. The second-order valence-corrected chi connectivity index (χ2v) is 4.74. The van der Waals surface area contributed by atoms with Crippen molar-refractivity contribution in [2.24, 2.45) is 0 Å². The Morgan fingerprint density at radius 3 is 2.88 bits per heavy atom. The molecule has 1 fully saturated rings. The summed E-state index contributed by atoms with van der Waals surface area (Å²) in [4.78, 5) is 0. The van der Waals surface area contributed by atoms with Gasteiger partial charge in [0.2, 0.25) is 0 Å². The number of para-hydroxylation sites is 1. The third-order valence-corrected chi connectivity index (χ3v) is 3.40. The molecule has 0 unspecified atom stereocenters. The molecule has 3 heteroatoms. The van der Waals surface area contributed by atoms with Gasteiger partial charge in [-0.25, -0.2) is 0 Å². The first-order chi connectivity index (χ1) is 8.27. The molecule has 0 heterocycles. The average Bonchev–Trinajstić information content (AvgIpc) is 2.83. The molecule has 3 nitrogen and oxygen atoms in total. The largest absolute Gasteiger partial charge is 0.397 e. The van der Waals surface area contributed by atoms with Crippen molar-refractivity contribution < 1.29 is 4.74 Å². The first kappa shape index (κ1) is 12.2. The van der Waals surface area contributed by atoms with Crippen molar-refractivity contribution in [1.82, 2.24) is 0 Å². The third-order valence-electron chi connectivity index (χ3n) is 3.40. The molecule has 1 aromatic rings. The Hall–Kier alpha value is -1.22. The van der Waals surface area contributed by atoms with Gasteiger partial charge in [-0.15, -0.1) is 0 Å². The summed E-state index contributed by atoms with van der Waals surface area (Å²) in [6.07, 6.45) is 5.59. The first-order valence-electron chi connectivity index (χ1n) is 6.48. The Morgan fingerprint density at radius 2 is 2.12 bits per heavy atom. The monoisotopic (exact) mass is 234 g/mol. The van der Waals surface area contributed by atoms with E-state index in [9.17, 15) is 0 Å². The van der Waals surface area contributed by atoms with Crippen LogP contribution in [0.5, 0.6) is 0 Å². The minimum absolute atomic E-state index is 0.492. The summed E-state index contributed by atoms with van der Waals surface area (Å²) in [6, 6.07) is 6.05. The fourth-order valence-electron chi connectivity index (χ4n) is 2.30. The van der Waals surface area contributed by atoms with Crippen LogP contribution in [-0.2, 0) is 4.74 Å². The van der Waals surface area contributed by atoms with Crippen molar-refractivity contribution in [1.29, 1.82) is 0 Å². The molecule has 1 aliphatic rings. The maximum Gasteiger partial charge on any atom is 0.0642 e. The number of nitrogens with two attached hydrogens (primary N) is 1. The fourth-order valence-corrected chi connectivity index (χ4v) is 2.30. The summed E-state index contributed by atoms with van der Waals surface area (Å²) in [5, 5.41) is 3.33. The zero-order valence-corrected chi connectivity index (χ0v) is 10.5. The zero-order valence-electron chi connectivity index (χ0n) is 10.5. The van der Waals surface area contributed by atoms with E-state index in [1.807, 2.05) is 25.1 Å². The number of aryl methyl sites for hydroxylation is 1. The van der Waals surface area contributed by atoms with Crippen LogP contribution < -0.4 is 11.1 Å². The molecule has 0 radical (unpaired) electrons. The standard InChI is InChI=1S/C14H22N2O/c1-11-5-4-8-13(14(11)15)16-9-10-17-12-6-2-3-7-12/h4-5,8,12,16H,2-3,6-7,9-10,15H2,1H3. The second-order valence-electron chi connectivity index (χ2n) is 4.74. The van der Waals surface area contributed by atoms with E-state index in [4.69, 9.17) is 10.5 Å². The molecule has 1 aromatic carbocycles. The number of hydrogen-bond acceptors (Lipinski definition) is 3. The number of anilines is 2. The summed E-state index contributed by atoms with van der Waals surface area (Å²) in [7, 11) is 0. The topological polar surface area (TPSA) is 47.3 Å². The number of benzene rings is 1. The highest BCUT2D eigenvalue weighted by molar-refractivity contribution is 5.69. The normalized spacial score (nSPS) is 16.3. The van der Waals surface area contributed by atoms with E-state index in [-0.39, 0.29) is 0 Å². The molecule has 1 aliphatic carbocycles. The van der Waals surface area contributed by atoms with Gasteiger partial charge >= 0.3 is 0 Å². The highest BCUT2D eigenvalue weighted by Gasteiger charge is 2.14. The highest BCUT2D eigenvalue weighted by atomic mass is 16.5. The van der Waals surface area contributed by atoms with Gasteiger partial charge in [-0.1, -0.05) is 25.0 Å². The molecule has 17 heavy (non-hydrogen) atoms. The minimum Gasteiger partial charge on any atom is -0.397 e. The van der Waals surface area contributed by atoms with Crippen molar-refractivity contribution in [2.75, 3.05) is 24.2 Å². The van der Waals surface area contributed by atoms with Gasteiger partial charge in [-0.2, -0.15) is 0 Å². The van der Waals surface area contributed by atoms with Gasteiger partial charge in [-0.05, 0) is 31.4 Å². The van der Waals surface area contributed by atoms with Crippen LogP contribution >= 0.6 is 0 Å². The van der Waals surface area contributed by atoms with Crippen LogP contribution in [0.4, 0.5) is 11.4 Å². The maximum absolute atomic E-state index is 5.98. The van der Waals surface area contributed by atoms with Crippen LogP contribution in [0.25, 0.3) is 0 Å². The number of nitrogens with one attached hydrogen (secondary N) is 1. The van der Waals surface area contributed by atoms with Gasteiger partial charge in [0, 0.05) is 6.54 Å². The number of hydrogen-bond donors (Lipinski definition) is 2. The van der Waals surface area contributed by atoms with Crippen molar-refractivity contribution in [2.45, 2.75) is 38.7 Å². The van der Waals surface area contributed by atoms with Crippen LogP contribution in [0.15, 0.2) is 18.2 Å². The summed E-state index contributed by atoms with van der Waals surface area (Å²) in [5.41, 5.74) is 8.96. The predicted molar refractivity (Wildman–Crippen MR) is 72.3 cm³/mol. The van der Waals surface area contributed by atoms with E-state index in [2.05, 4.69) is 5.32 Å². The van der Waals surface area contributed by atoms with E-state index >= 15 is 0 Å². The number of ether oxygens (including phenoxy) is 1. The Morgan fingerprint density at radius 1 is 1.35 bits per heavy atom. The van der Waals surface area contributed by atoms with Crippen molar-refractivity contribution in [3.8, 4) is 0 Å². The smallest absolute Gasteiger partial charge is 0.0642 e. The maximum atomic E-state index is 5.98. The van der Waals surface area contributed by atoms with E-state index in [0.29, 0.717) is 6.10 Å². The summed E-state index contributed by atoms with van der Waals surface area (Å²) in [6.45, 7) is 3.61. The third kappa shape index (κ3) is 3.37. The molecular weight excluding hydrogens is 212 g/mol. The van der Waals surface area contributed by atoms with Crippen LogP contribution in [0, 0.1) is 6.92 Å². The Balaban J connectivity index is 1.72. The van der Waals surface area contributed by atoms with Crippen LogP contribution in [0.3, 0.4) is 0 Å². The molecular formula is C14H22N2O. The quantitative estimate of drug-likeness (QED) is 0.608. The summed E-state index contributed by atoms with van der Waals surface area (Å²) >= 11 is 0. The Kier molecular flexibility index (Phi) is 4.26. The average molecular weight is 234 g/mol. The molecule has 1 saturated carbocycles. The molecule has 94 valence electrons. The lowest BCUT2D eigenvalue weighted by atomic mass is 10.2. The van der Waals surface area contributed by atoms with Gasteiger partial charge in [0.15, 0.2) is 0 Å². The van der Waals surface area contributed by atoms with Gasteiger partial charge in [0.25, 0.3) is 0 Å². The Bertz CT molecular complexity index is 359. The molecule has 0 bridgehead atoms. The van der Waals surface area contributed by atoms with Crippen molar-refractivity contribution >= 4 is 11.4 Å². The zero-order chi connectivity index (χ0) is 12.1. The van der Waals surface area contributed by atoms with E-state index in [1.165, 1.54) is 25.7 Å². The molecule has 0 aliphatic heterocycles. The second kappa shape index (κ2) is 5.92. The van der Waals surface area contributed by atoms with Crippen LogP contribution in [0.1, 0.15) is 31.2 Å². The molecule has 3 N–H and O–H groups in total. The lowest BCUT2D eigenvalue weighted by molar-refractivity contribution is 0.0659. The van der Waals surface area contributed by atoms with Crippen molar-refractivity contribution in [3.63, 3.8) is 0 Å². The highest BCUT2D eigenvalue weighted by Crippen LogP contribution is 2.22. The van der Waals surface area contributed by atoms with Crippen LogP contribution in [-0.4, -0.2) is 19.3 Å². The first-order valence-corrected chi connectivity index (χ1v) is 6.48. The van der Waals surface area contributed by atoms with E-state index in [1.54, 1.807) is 0 Å². The molecule has 0 saturated heterocycles. The van der Waals surface area contributed by atoms with Gasteiger partial charge in [-0.3, -0.25) is 0 Å².